The Morgan fingerprint density at radius 2 is 2.40 bits per heavy atom. The van der Waals surface area contributed by atoms with Gasteiger partial charge < -0.3 is 20.0 Å². The number of nitrogens with zero attached hydrogens (tertiary/aromatic N) is 2. The van der Waals surface area contributed by atoms with Crippen LogP contribution in [0.25, 0.3) is 0 Å². The van der Waals surface area contributed by atoms with E-state index in [1.807, 2.05) is 0 Å². The topological polar surface area (TPSA) is 107 Å². The highest BCUT2D eigenvalue weighted by Crippen LogP contribution is 2.09. The Labute approximate surface area is 84.2 Å². The molecule has 0 unspecified atom stereocenters. The number of hydrogen-bond acceptors (Lipinski definition) is 6. The molecule has 0 spiro atoms. The second-order valence-corrected chi connectivity index (χ2v) is 2.85. The number of anilines is 2. The van der Waals surface area contributed by atoms with E-state index in [-0.39, 0.29) is 11.7 Å². The van der Waals surface area contributed by atoms with Crippen molar-refractivity contribution in [3.05, 3.63) is 23.8 Å². The highest BCUT2D eigenvalue weighted by molar-refractivity contribution is 6.02. The van der Waals surface area contributed by atoms with Crippen LogP contribution in [0, 0.1) is 6.92 Å². The van der Waals surface area contributed by atoms with E-state index in [1.165, 1.54) is 0 Å². The van der Waals surface area contributed by atoms with Crippen molar-refractivity contribution < 1.29 is 13.7 Å². The molecule has 0 saturated heterocycles. The molecule has 0 fully saturated rings. The fraction of sp³-hybridized carbons (Fsp3) is 0.125. The van der Waals surface area contributed by atoms with Crippen molar-refractivity contribution in [3.8, 4) is 0 Å². The first kappa shape index (κ1) is 9.25. The molecule has 0 aromatic carbocycles. The third-order valence-corrected chi connectivity index (χ3v) is 1.62. The monoisotopic (exact) mass is 208 g/mol. The molecule has 0 radical (unpaired) electrons. The largest absolute Gasteiger partial charge is 0.431 e. The summed E-state index contributed by atoms with van der Waals surface area (Å²) in [6.07, 6.45) is 1.16. The van der Waals surface area contributed by atoms with E-state index in [2.05, 4.69) is 15.5 Å². The van der Waals surface area contributed by atoms with Gasteiger partial charge in [-0.25, -0.2) is 0 Å². The Morgan fingerprint density at radius 1 is 1.60 bits per heavy atom. The van der Waals surface area contributed by atoms with Gasteiger partial charge in [-0.1, -0.05) is 5.16 Å². The van der Waals surface area contributed by atoms with Crippen LogP contribution in [-0.2, 0) is 0 Å². The number of carbonyl (C=O) groups excluding carboxylic acids is 1. The summed E-state index contributed by atoms with van der Waals surface area (Å²) in [7, 11) is 0. The molecule has 7 nitrogen and oxygen atoms in total. The number of hydrogen-bond donors (Lipinski definition) is 2. The van der Waals surface area contributed by atoms with E-state index in [1.54, 1.807) is 13.0 Å². The maximum atomic E-state index is 11.5. The average molecular weight is 208 g/mol. The number of nitrogens with two attached hydrogens (primary N) is 1. The van der Waals surface area contributed by atoms with Crippen LogP contribution in [0.4, 0.5) is 11.8 Å². The number of nitrogen functional groups attached to an aromatic ring is 1. The summed E-state index contributed by atoms with van der Waals surface area (Å²) < 4.78 is 9.46. The first-order valence-corrected chi connectivity index (χ1v) is 4.11. The summed E-state index contributed by atoms with van der Waals surface area (Å²) in [4.78, 5) is 15.1. The van der Waals surface area contributed by atoms with E-state index in [9.17, 15) is 4.79 Å². The Hall–Kier alpha value is -2.31. The van der Waals surface area contributed by atoms with Gasteiger partial charge in [0.2, 0.25) is 0 Å². The molecule has 0 saturated carbocycles. The van der Waals surface area contributed by atoms with Crippen molar-refractivity contribution in [1.29, 1.82) is 0 Å². The Morgan fingerprint density at radius 3 is 2.93 bits per heavy atom. The third-order valence-electron chi connectivity index (χ3n) is 1.62. The zero-order valence-corrected chi connectivity index (χ0v) is 7.85. The van der Waals surface area contributed by atoms with Crippen molar-refractivity contribution in [2.45, 2.75) is 6.92 Å². The highest BCUT2D eigenvalue weighted by Gasteiger charge is 2.12. The second-order valence-electron chi connectivity index (χ2n) is 2.85. The van der Waals surface area contributed by atoms with E-state index in [0.29, 0.717) is 11.6 Å². The van der Waals surface area contributed by atoms with Gasteiger partial charge >= 0.3 is 0 Å². The lowest BCUT2D eigenvalue weighted by Gasteiger charge is -1.94. The van der Waals surface area contributed by atoms with Gasteiger partial charge in [0, 0.05) is 6.07 Å². The number of aromatic nitrogens is 2. The number of aryl methyl sites for hydroxylation is 1. The molecule has 0 bridgehead atoms. The first-order valence-electron chi connectivity index (χ1n) is 4.11. The smallest absolute Gasteiger partial charge is 0.292 e. The molecule has 15 heavy (non-hydrogen) atoms. The average Bonchev–Trinajstić information content (AvgIpc) is 2.75. The fourth-order valence-electron chi connectivity index (χ4n) is 0.998. The molecule has 7 heteroatoms. The molecule has 2 rings (SSSR count). The van der Waals surface area contributed by atoms with Gasteiger partial charge in [0.25, 0.3) is 11.9 Å². The van der Waals surface area contributed by atoms with Gasteiger partial charge in [-0.3, -0.25) is 4.79 Å². The predicted octanol–water partition coefficient (Wildman–Crippen LogP) is 0.806. The van der Waals surface area contributed by atoms with Crippen molar-refractivity contribution in [3.63, 3.8) is 0 Å². The predicted molar refractivity (Wildman–Crippen MR) is 50.1 cm³/mol. The van der Waals surface area contributed by atoms with Crippen LogP contribution < -0.4 is 11.1 Å². The van der Waals surface area contributed by atoms with E-state index < -0.39 is 5.91 Å². The molecule has 0 aliphatic carbocycles. The van der Waals surface area contributed by atoms with Crippen LogP contribution in [-0.4, -0.2) is 16.0 Å². The zero-order valence-electron chi connectivity index (χ0n) is 7.85. The Balaban J connectivity index is 2.10. The van der Waals surface area contributed by atoms with E-state index >= 15 is 0 Å². The normalized spacial score (nSPS) is 10.2. The molecule has 2 aromatic heterocycles. The minimum absolute atomic E-state index is 0.0588. The zero-order chi connectivity index (χ0) is 10.8. The molecular weight excluding hydrogens is 200 g/mol. The minimum Gasteiger partial charge on any atom is -0.431 e. The van der Waals surface area contributed by atoms with Gasteiger partial charge in [-0.15, -0.1) is 0 Å². The lowest BCUT2D eigenvalue weighted by molar-refractivity contribution is 0.102. The second kappa shape index (κ2) is 3.45. The van der Waals surface area contributed by atoms with Crippen molar-refractivity contribution >= 4 is 17.7 Å². The van der Waals surface area contributed by atoms with Gasteiger partial charge in [-0.2, -0.15) is 4.98 Å². The highest BCUT2D eigenvalue weighted by atomic mass is 16.5. The maximum Gasteiger partial charge on any atom is 0.292 e. The summed E-state index contributed by atoms with van der Waals surface area (Å²) in [5.41, 5.74) is 5.31. The van der Waals surface area contributed by atoms with E-state index in [4.69, 9.17) is 14.7 Å². The molecule has 1 amide bonds. The number of nitrogens with one attached hydrogen (secondary N) is 1. The molecule has 78 valence electrons. The summed E-state index contributed by atoms with van der Waals surface area (Å²) in [6, 6.07) is 1.53. The number of oxazole rings is 1. The minimum atomic E-state index is -0.455. The molecule has 0 aliphatic rings. The van der Waals surface area contributed by atoms with Crippen molar-refractivity contribution in [2.75, 3.05) is 11.1 Å². The number of carbonyl (C=O) groups is 1. The fourth-order valence-corrected chi connectivity index (χ4v) is 0.998. The third kappa shape index (κ3) is 1.96. The number of amides is 1. The SMILES string of the molecule is Cc1cc(NC(=O)c2coc(N)n2)no1. The number of rotatable bonds is 2. The molecule has 3 N–H and O–H groups in total. The van der Waals surface area contributed by atoms with Crippen LogP contribution in [0.15, 0.2) is 21.3 Å². The Bertz CT molecular complexity index is 488. The summed E-state index contributed by atoms with van der Waals surface area (Å²) >= 11 is 0. The van der Waals surface area contributed by atoms with Gasteiger partial charge in [0.15, 0.2) is 11.5 Å². The molecule has 2 heterocycles. The quantitative estimate of drug-likeness (QED) is 0.755. The van der Waals surface area contributed by atoms with Crippen molar-refractivity contribution in [2.24, 2.45) is 0 Å². The molecule has 0 atom stereocenters. The van der Waals surface area contributed by atoms with Crippen LogP contribution in [0.5, 0.6) is 0 Å². The molecule has 0 aliphatic heterocycles. The van der Waals surface area contributed by atoms with Gasteiger partial charge in [-0.05, 0) is 6.92 Å². The maximum absolute atomic E-state index is 11.5. The molecule has 2 aromatic rings. The summed E-state index contributed by atoms with van der Waals surface area (Å²) in [5.74, 6) is 0.466. The van der Waals surface area contributed by atoms with Crippen LogP contribution >= 0.6 is 0 Å². The van der Waals surface area contributed by atoms with E-state index in [0.717, 1.165) is 6.26 Å². The van der Waals surface area contributed by atoms with Crippen molar-refractivity contribution in [1.82, 2.24) is 10.1 Å². The van der Waals surface area contributed by atoms with Gasteiger partial charge in [0.05, 0.1) is 0 Å². The van der Waals surface area contributed by atoms with Crippen LogP contribution in [0.3, 0.4) is 0 Å². The lowest BCUT2D eigenvalue weighted by atomic mass is 10.4. The lowest BCUT2D eigenvalue weighted by Crippen LogP contribution is -2.12. The standard InChI is InChI=1S/C8H8N4O3/c1-4-2-6(12-15-4)11-7(13)5-3-14-8(9)10-5/h2-3H,1H3,(H2,9,10)(H,11,12,13). The van der Waals surface area contributed by atoms with Crippen LogP contribution in [0.1, 0.15) is 16.2 Å². The van der Waals surface area contributed by atoms with Gasteiger partial charge in [0.1, 0.15) is 12.0 Å². The first-order chi connectivity index (χ1) is 7.15. The molecular formula is C8H8N4O3. The summed E-state index contributed by atoms with van der Waals surface area (Å²) in [5, 5.41) is 6.06. The summed E-state index contributed by atoms with van der Waals surface area (Å²) in [6.45, 7) is 1.72. The van der Waals surface area contributed by atoms with Crippen LogP contribution in [0.2, 0.25) is 0 Å². The Kier molecular flexibility index (Phi) is 2.13.